The van der Waals surface area contributed by atoms with Crippen LogP contribution in [0.2, 0.25) is 0 Å². The molecule has 0 aromatic heterocycles. The van der Waals surface area contributed by atoms with Gasteiger partial charge in [-0.1, -0.05) is 36.4 Å². The second-order valence-corrected chi connectivity index (χ2v) is 5.56. The van der Waals surface area contributed by atoms with Gasteiger partial charge >= 0.3 is 0 Å². The summed E-state index contributed by atoms with van der Waals surface area (Å²) in [6.07, 6.45) is 0. The molecule has 15 heavy (non-hydrogen) atoms. The van der Waals surface area contributed by atoms with E-state index in [9.17, 15) is 0 Å². The van der Waals surface area contributed by atoms with Gasteiger partial charge in [-0.05, 0) is 24.3 Å². The topological polar surface area (TPSA) is 23.9 Å². The van der Waals surface area contributed by atoms with Gasteiger partial charge < -0.3 is 0 Å². The van der Waals surface area contributed by atoms with Crippen LogP contribution >= 0.6 is 7.92 Å². The van der Waals surface area contributed by atoms with E-state index in [-0.39, 0.29) is 0 Å². The summed E-state index contributed by atoms with van der Waals surface area (Å²) in [5.74, 6) is 1.59. The Kier molecular flexibility index (Phi) is 3.26. The predicted octanol–water partition coefficient (Wildman–Crippen LogP) is 2.46. The molecule has 0 atom stereocenters. The Morgan fingerprint density at radius 1 is 0.733 bits per heavy atom. The molecule has 2 aromatic carbocycles. The average molecular weight is 214 g/mol. The third kappa shape index (κ3) is 2.31. The molecule has 2 aromatic rings. The number of rotatable bonds is 3. The normalized spacial score (nSPS) is 10.2. The van der Waals surface area contributed by atoms with E-state index in [1.54, 1.807) is 5.96 Å². The van der Waals surface area contributed by atoms with Crippen LogP contribution in [-0.2, 0) is 0 Å². The summed E-state index contributed by atoms with van der Waals surface area (Å²) < 4.78 is 0. The molecule has 74 valence electrons. The zero-order valence-electron chi connectivity index (χ0n) is 8.35. The van der Waals surface area contributed by atoms with Crippen molar-refractivity contribution in [3.63, 3.8) is 0 Å². The molecule has 0 saturated carbocycles. The highest BCUT2D eigenvalue weighted by Crippen LogP contribution is 2.28. The molecule has 1 nitrogen and oxygen atoms in total. The molecule has 0 bridgehead atoms. The monoisotopic (exact) mass is 214 g/mol. The van der Waals surface area contributed by atoms with Crippen LogP contribution in [0.4, 0.5) is 0 Å². The Morgan fingerprint density at radius 3 is 1.47 bits per heavy atom. The molecule has 0 spiro atoms. The largest absolute Gasteiger partial charge is 0.274 e. The van der Waals surface area contributed by atoms with Crippen LogP contribution in [0.1, 0.15) is 0 Å². The number of hydrogen-bond acceptors (Lipinski definition) is 1. The van der Waals surface area contributed by atoms with Crippen molar-refractivity contribution in [2.45, 2.75) is 0 Å². The number of nitrogens with one attached hydrogen (secondary N) is 1. The van der Waals surface area contributed by atoms with Crippen molar-refractivity contribution < 1.29 is 0 Å². The van der Waals surface area contributed by atoms with E-state index in [0.29, 0.717) is 0 Å². The fourth-order valence-corrected chi connectivity index (χ4v) is 3.34. The van der Waals surface area contributed by atoms with Gasteiger partial charge in [-0.25, -0.2) is 0 Å². The summed E-state index contributed by atoms with van der Waals surface area (Å²) in [4.78, 5) is 0. The van der Waals surface area contributed by atoms with E-state index in [1.165, 1.54) is 10.6 Å². The molecular formula is C13H13NP+. The van der Waals surface area contributed by atoms with Crippen LogP contribution in [0.3, 0.4) is 0 Å². The maximum atomic E-state index is 7.56. The molecule has 2 heteroatoms. The molecule has 0 saturated heterocycles. The third-order valence-corrected chi connectivity index (χ3v) is 4.51. The van der Waals surface area contributed by atoms with E-state index in [1.807, 2.05) is 36.4 Å². The molecule has 2 rings (SSSR count). The first-order valence-corrected chi connectivity index (χ1v) is 6.48. The molecule has 0 heterocycles. The average Bonchev–Trinajstić information content (AvgIpc) is 2.33. The summed E-state index contributed by atoms with van der Waals surface area (Å²) in [5.41, 5.74) is 0. The molecule has 0 radical (unpaired) electrons. The lowest BCUT2D eigenvalue weighted by Gasteiger charge is -2.03. The smallest absolute Gasteiger partial charge is 0.147 e. The van der Waals surface area contributed by atoms with Gasteiger partial charge in [-0.3, -0.25) is 5.41 Å². The van der Waals surface area contributed by atoms with Gasteiger partial charge in [0.2, 0.25) is 0 Å². The predicted molar refractivity (Wildman–Crippen MR) is 69.3 cm³/mol. The van der Waals surface area contributed by atoms with Crippen LogP contribution in [-0.4, -0.2) is 5.96 Å². The zero-order valence-corrected chi connectivity index (χ0v) is 9.35. The summed E-state index contributed by atoms with van der Waals surface area (Å²) in [7, 11) is -0.997. The van der Waals surface area contributed by atoms with Crippen LogP contribution in [0, 0.1) is 5.41 Å². The first kappa shape index (κ1) is 10.1. The lowest BCUT2D eigenvalue weighted by atomic mass is 10.4. The minimum atomic E-state index is -0.997. The lowest BCUT2D eigenvalue weighted by Crippen LogP contribution is -2.11. The fraction of sp³-hybridized carbons (Fsp3) is 0. The van der Waals surface area contributed by atoms with Crippen LogP contribution in [0.5, 0.6) is 0 Å². The van der Waals surface area contributed by atoms with Gasteiger partial charge in [0, 0.05) is 0 Å². The third-order valence-electron chi connectivity index (χ3n) is 2.31. The van der Waals surface area contributed by atoms with Crippen molar-refractivity contribution in [1.29, 1.82) is 5.41 Å². The SMILES string of the molecule is N=C[PH+](c1ccccc1)c1ccccc1. The van der Waals surface area contributed by atoms with E-state index in [2.05, 4.69) is 24.3 Å². The van der Waals surface area contributed by atoms with Crippen LogP contribution < -0.4 is 10.6 Å². The molecule has 1 N–H and O–H groups in total. The Bertz CT molecular complexity index is 385. The molecule has 0 aliphatic carbocycles. The van der Waals surface area contributed by atoms with E-state index in [0.717, 1.165) is 0 Å². The van der Waals surface area contributed by atoms with Crippen LogP contribution in [0.25, 0.3) is 0 Å². The van der Waals surface area contributed by atoms with Gasteiger partial charge in [-0.2, -0.15) is 0 Å². The summed E-state index contributed by atoms with van der Waals surface area (Å²) in [6.45, 7) is 0. The second-order valence-electron chi connectivity index (χ2n) is 3.29. The highest BCUT2D eigenvalue weighted by Gasteiger charge is 2.18. The summed E-state index contributed by atoms with van der Waals surface area (Å²) in [5, 5.41) is 10.1. The molecule has 0 aliphatic rings. The Balaban J connectivity index is 2.38. The Labute approximate surface area is 91.0 Å². The minimum absolute atomic E-state index is 0.997. The van der Waals surface area contributed by atoms with Crippen molar-refractivity contribution >= 4 is 24.5 Å². The number of benzene rings is 2. The second kappa shape index (κ2) is 4.86. The van der Waals surface area contributed by atoms with Gasteiger partial charge in [-0.15, -0.1) is 0 Å². The van der Waals surface area contributed by atoms with Crippen LogP contribution in [0.15, 0.2) is 60.7 Å². The van der Waals surface area contributed by atoms with Crippen molar-refractivity contribution in [1.82, 2.24) is 0 Å². The summed E-state index contributed by atoms with van der Waals surface area (Å²) in [6, 6.07) is 20.6. The van der Waals surface area contributed by atoms with Gasteiger partial charge in [0.05, 0.1) is 0 Å². The van der Waals surface area contributed by atoms with Gasteiger partial charge in [0.15, 0.2) is 0 Å². The van der Waals surface area contributed by atoms with E-state index in [4.69, 9.17) is 5.41 Å². The lowest BCUT2D eigenvalue weighted by molar-refractivity contribution is 1.60. The molecule has 0 amide bonds. The van der Waals surface area contributed by atoms with Crippen molar-refractivity contribution in [2.24, 2.45) is 0 Å². The maximum Gasteiger partial charge on any atom is 0.147 e. The first-order chi connectivity index (χ1) is 7.42. The van der Waals surface area contributed by atoms with Gasteiger partial charge in [0.1, 0.15) is 24.5 Å². The standard InChI is InChI=1S/C13H12NP/c14-11-15(12-7-3-1-4-8-12)13-9-5-2-6-10-13/h1-11,14H/p+1. The molecular weight excluding hydrogens is 201 g/mol. The fourth-order valence-electron chi connectivity index (χ4n) is 1.57. The van der Waals surface area contributed by atoms with Crippen molar-refractivity contribution in [3.05, 3.63) is 60.7 Å². The Hall–Kier alpha value is -1.46. The van der Waals surface area contributed by atoms with Crippen molar-refractivity contribution in [3.8, 4) is 0 Å². The molecule has 0 fully saturated rings. The maximum absolute atomic E-state index is 7.56. The number of hydrogen-bond donors (Lipinski definition) is 1. The highest BCUT2D eigenvalue weighted by atomic mass is 31.1. The summed E-state index contributed by atoms with van der Waals surface area (Å²) >= 11 is 0. The van der Waals surface area contributed by atoms with Gasteiger partial charge in [0.25, 0.3) is 0 Å². The molecule has 0 unspecified atom stereocenters. The van der Waals surface area contributed by atoms with E-state index >= 15 is 0 Å². The quantitative estimate of drug-likeness (QED) is 0.599. The highest BCUT2D eigenvalue weighted by molar-refractivity contribution is 7.85. The first-order valence-electron chi connectivity index (χ1n) is 4.90. The minimum Gasteiger partial charge on any atom is -0.274 e. The van der Waals surface area contributed by atoms with Crippen molar-refractivity contribution in [2.75, 3.05) is 0 Å². The zero-order chi connectivity index (χ0) is 10.5. The Morgan fingerprint density at radius 2 is 1.13 bits per heavy atom. The van der Waals surface area contributed by atoms with E-state index < -0.39 is 7.92 Å². The molecule has 0 aliphatic heterocycles.